The molecule has 5 nitrogen and oxygen atoms in total. The lowest BCUT2D eigenvalue weighted by Crippen LogP contribution is -2.23. The molecular formula is C12H13N3O2S. The smallest absolute Gasteiger partial charge is 0.248 e. The highest BCUT2D eigenvalue weighted by atomic mass is 32.1. The number of carbonyl (C=O) groups excluding carboxylic acids is 1. The second-order valence-electron chi connectivity index (χ2n) is 3.61. The van der Waals surface area contributed by atoms with Crippen molar-refractivity contribution >= 4 is 17.2 Å². The van der Waals surface area contributed by atoms with Crippen LogP contribution in [-0.2, 0) is 11.2 Å². The Balaban J connectivity index is 1.87. The third kappa shape index (κ3) is 3.27. The van der Waals surface area contributed by atoms with E-state index in [1.54, 1.807) is 17.4 Å². The third-order valence-electron chi connectivity index (χ3n) is 2.24. The fourth-order valence-corrected chi connectivity index (χ4v) is 1.98. The number of aromatic nitrogens is 2. The van der Waals surface area contributed by atoms with E-state index in [2.05, 4.69) is 22.1 Å². The van der Waals surface area contributed by atoms with Crippen LogP contribution in [0.3, 0.4) is 0 Å². The summed E-state index contributed by atoms with van der Waals surface area (Å²) in [5.74, 6) is 0.924. The highest BCUT2D eigenvalue weighted by Crippen LogP contribution is 2.20. The fraction of sp³-hybridized carbons (Fsp3) is 0.250. The molecule has 2 rings (SSSR count). The van der Waals surface area contributed by atoms with Gasteiger partial charge in [0.1, 0.15) is 0 Å². The van der Waals surface area contributed by atoms with Gasteiger partial charge in [0, 0.05) is 30.3 Å². The number of carbonyl (C=O) groups is 1. The van der Waals surface area contributed by atoms with Gasteiger partial charge in [-0.3, -0.25) is 4.79 Å². The minimum Gasteiger partial charge on any atom is -0.421 e. The molecule has 0 spiro atoms. The number of nitrogens with zero attached hydrogens (tertiary/aromatic N) is 2. The van der Waals surface area contributed by atoms with Crippen LogP contribution in [0.15, 0.2) is 33.9 Å². The Hall–Kier alpha value is -1.95. The van der Waals surface area contributed by atoms with Crippen LogP contribution in [0.25, 0.3) is 11.5 Å². The summed E-state index contributed by atoms with van der Waals surface area (Å²) in [5, 5.41) is 14.4. The van der Waals surface area contributed by atoms with E-state index in [9.17, 15) is 4.79 Å². The number of hydrogen-bond donors (Lipinski definition) is 1. The molecule has 0 atom stereocenters. The lowest BCUT2D eigenvalue weighted by molar-refractivity contribution is -0.120. The maximum atomic E-state index is 11.4. The summed E-state index contributed by atoms with van der Waals surface area (Å²) in [4.78, 5) is 11.4. The Morgan fingerprint density at radius 3 is 3.17 bits per heavy atom. The quantitative estimate of drug-likeness (QED) is 0.810. The van der Waals surface area contributed by atoms with Crippen LogP contribution < -0.4 is 5.32 Å². The molecule has 0 saturated heterocycles. The summed E-state index contributed by atoms with van der Waals surface area (Å²) in [5.41, 5.74) is 0.912. The Morgan fingerprint density at radius 2 is 2.44 bits per heavy atom. The molecule has 18 heavy (non-hydrogen) atoms. The van der Waals surface area contributed by atoms with Gasteiger partial charge in [-0.25, -0.2) is 0 Å². The van der Waals surface area contributed by atoms with Gasteiger partial charge in [0.25, 0.3) is 0 Å². The van der Waals surface area contributed by atoms with Crippen LogP contribution in [0.5, 0.6) is 0 Å². The number of nitrogens with one attached hydrogen (secondary N) is 1. The molecule has 2 aromatic rings. The molecule has 1 amide bonds. The molecule has 0 aromatic carbocycles. The monoisotopic (exact) mass is 263 g/mol. The standard InChI is InChI=1S/C12H13N3O2S/c1-2-6-13-10(16)3-4-11-14-15-12(17-11)9-5-7-18-8-9/h2,5,7-8H,1,3-4,6H2,(H,13,16). The summed E-state index contributed by atoms with van der Waals surface area (Å²) < 4.78 is 5.47. The topological polar surface area (TPSA) is 68.0 Å². The molecule has 2 heterocycles. The van der Waals surface area contributed by atoms with Gasteiger partial charge >= 0.3 is 0 Å². The van der Waals surface area contributed by atoms with Crippen LogP contribution in [-0.4, -0.2) is 22.6 Å². The van der Waals surface area contributed by atoms with Crippen molar-refractivity contribution in [2.45, 2.75) is 12.8 Å². The molecular weight excluding hydrogens is 250 g/mol. The van der Waals surface area contributed by atoms with Gasteiger partial charge < -0.3 is 9.73 Å². The molecule has 1 N–H and O–H groups in total. The van der Waals surface area contributed by atoms with Gasteiger partial charge in [-0.15, -0.1) is 16.8 Å². The Kier molecular flexibility index (Phi) is 4.25. The summed E-state index contributed by atoms with van der Waals surface area (Å²) in [6, 6.07) is 1.92. The number of rotatable bonds is 6. The lowest BCUT2D eigenvalue weighted by Gasteiger charge is -1.98. The second-order valence-corrected chi connectivity index (χ2v) is 4.39. The summed E-state index contributed by atoms with van der Waals surface area (Å²) in [6.07, 6.45) is 2.42. The molecule has 0 aliphatic carbocycles. The predicted octanol–water partition coefficient (Wildman–Crippen LogP) is 2.03. The number of thiophene rings is 1. The van der Waals surface area contributed by atoms with Gasteiger partial charge in [-0.1, -0.05) is 6.08 Å². The maximum Gasteiger partial charge on any atom is 0.248 e. The van der Waals surface area contributed by atoms with Crippen LogP contribution in [0.4, 0.5) is 0 Å². The van der Waals surface area contributed by atoms with Gasteiger partial charge in [0.15, 0.2) is 0 Å². The van der Waals surface area contributed by atoms with Gasteiger partial charge in [0.05, 0.1) is 0 Å². The SMILES string of the molecule is C=CCNC(=O)CCc1nnc(-c2ccsc2)o1. The van der Waals surface area contributed by atoms with Crippen LogP contribution in [0, 0.1) is 0 Å². The molecule has 0 saturated carbocycles. The van der Waals surface area contributed by atoms with E-state index < -0.39 is 0 Å². The fourth-order valence-electron chi connectivity index (χ4n) is 1.35. The molecule has 0 unspecified atom stereocenters. The summed E-state index contributed by atoms with van der Waals surface area (Å²) in [7, 11) is 0. The molecule has 0 radical (unpaired) electrons. The van der Waals surface area contributed by atoms with E-state index in [4.69, 9.17) is 4.42 Å². The van der Waals surface area contributed by atoms with E-state index >= 15 is 0 Å². The van der Waals surface area contributed by atoms with Crippen LogP contribution >= 0.6 is 11.3 Å². The lowest BCUT2D eigenvalue weighted by atomic mass is 10.3. The van der Waals surface area contributed by atoms with E-state index in [1.165, 1.54) is 0 Å². The van der Waals surface area contributed by atoms with Crippen molar-refractivity contribution in [1.29, 1.82) is 0 Å². The highest BCUT2D eigenvalue weighted by Gasteiger charge is 2.10. The molecule has 0 bridgehead atoms. The summed E-state index contributed by atoms with van der Waals surface area (Å²) >= 11 is 1.57. The second kappa shape index (κ2) is 6.11. The van der Waals surface area contributed by atoms with Crippen LogP contribution in [0.1, 0.15) is 12.3 Å². The highest BCUT2D eigenvalue weighted by molar-refractivity contribution is 7.08. The van der Waals surface area contributed by atoms with Crippen molar-refractivity contribution in [1.82, 2.24) is 15.5 Å². The van der Waals surface area contributed by atoms with Crippen molar-refractivity contribution in [3.8, 4) is 11.5 Å². The Labute approximate surface area is 109 Å². The van der Waals surface area contributed by atoms with Gasteiger partial charge in [-0.05, 0) is 11.4 Å². The number of hydrogen-bond acceptors (Lipinski definition) is 5. The first-order valence-corrected chi connectivity index (χ1v) is 6.46. The molecule has 0 aliphatic heterocycles. The van der Waals surface area contributed by atoms with Gasteiger partial charge in [-0.2, -0.15) is 11.3 Å². The average molecular weight is 263 g/mol. The molecule has 6 heteroatoms. The molecule has 0 aliphatic rings. The zero-order valence-electron chi connectivity index (χ0n) is 9.76. The Bertz CT molecular complexity index is 519. The Morgan fingerprint density at radius 1 is 1.56 bits per heavy atom. The minimum absolute atomic E-state index is 0.0508. The average Bonchev–Trinajstić information content (AvgIpc) is 3.03. The third-order valence-corrected chi connectivity index (χ3v) is 2.93. The maximum absolute atomic E-state index is 11.4. The van der Waals surface area contributed by atoms with Crippen molar-refractivity contribution in [2.75, 3.05) is 6.54 Å². The van der Waals surface area contributed by atoms with Crippen molar-refractivity contribution < 1.29 is 9.21 Å². The zero-order valence-corrected chi connectivity index (χ0v) is 10.6. The first kappa shape index (κ1) is 12.5. The van der Waals surface area contributed by atoms with Crippen LogP contribution in [0.2, 0.25) is 0 Å². The van der Waals surface area contributed by atoms with E-state index in [0.717, 1.165) is 5.56 Å². The van der Waals surface area contributed by atoms with E-state index in [0.29, 0.717) is 31.2 Å². The first-order chi connectivity index (χ1) is 8.79. The van der Waals surface area contributed by atoms with Gasteiger partial charge in [0.2, 0.25) is 17.7 Å². The predicted molar refractivity (Wildman–Crippen MR) is 69.1 cm³/mol. The molecule has 2 aromatic heterocycles. The minimum atomic E-state index is -0.0508. The van der Waals surface area contributed by atoms with Crippen molar-refractivity contribution in [2.24, 2.45) is 0 Å². The largest absolute Gasteiger partial charge is 0.421 e. The van der Waals surface area contributed by atoms with Crippen molar-refractivity contribution in [3.05, 3.63) is 35.4 Å². The van der Waals surface area contributed by atoms with E-state index in [1.807, 2.05) is 16.8 Å². The van der Waals surface area contributed by atoms with E-state index in [-0.39, 0.29) is 5.91 Å². The molecule has 94 valence electrons. The first-order valence-electron chi connectivity index (χ1n) is 5.52. The molecule has 0 fully saturated rings. The normalized spacial score (nSPS) is 10.2. The number of aryl methyl sites for hydroxylation is 1. The number of amides is 1. The zero-order chi connectivity index (χ0) is 12.8. The summed E-state index contributed by atoms with van der Waals surface area (Å²) in [6.45, 7) is 4.00. The van der Waals surface area contributed by atoms with Crippen molar-refractivity contribution in [3.63, 3.8) is 0 Å².